The molecule has 0 spiro atoms. The number of fused-ring (bicyclic) bond motifs is 1. The van der Waals surface area contributed by atoms with Gasteiger partial charge in [0.1, 0.15) is 6.07 Å². The molecule has 0 amide bonds. The number of pyridine rings is 1. The van der Waals surface area contributed by atoms with Crippen LogP contribution in [0.3, 0.4) is 0 Å². The first-order chi connectivity index (χ1) is 6.24. The summed E-state index contributed by atoms with van der Waals surface area (Å²) < 4.78 is 1.67. The topological polar surface area (TPSA) is 54.5 Å². The van der Waals surface area contributed by atoms with Gasteiger partial charge in [0.15, 0.2) is 5.69 Å². The highest BCUT2D eigenvalue weighted by Gasteiger charge is 2.09. The van der Waals surface area contributed by atoms with Gasteiger partial charge in [0, 0.05) is 18.6 Å². The molecular weight excluding hydrogens is 164 g/mol. The highest BCUT2D eigenvalue weighted by atomic mass is 15.3. The summed E-state index contributed by atoms with van der Waals surface area (Å²) in [4.78, 5) is 4.05. The van der Waals surface area contributed by atoms with Crippen molar-refractivity contribution < 1.29 is 0 Å². The van der Waals surface area contributed by atoms with Crippen molar-refractivity contribution in [3.8, 4) is 6.07 Å². The lowest BCUT2D eigenvalue weighted by Crippen LogP contribution is -1.89. The molecule has 2 aromatic rings. The smallest absolute Gasteiger partial charge is 0.170 e. The van der Waals surface area contributed by atoms with Crippen LogP contribution in [0.4, 0.5) is 0 Å². The normalized spacial score (nSPS) is 10.2. The van der Waals surface area contributed by atoms with E-state index in [1.807, 2.05) is 14.0 Å². The van der Waals surface area contributed by atoms with E-state index in [9.17, 15) is 0 Å². The van der Waals surface area contributed by atoms with E-state index in [2.05, 4.69) is 16.2 Å². The van der Waals surface area contributed by atoms with Crippen LogP contribution in [0, 0.1) is 18.3 Å². The molecule has 0 aromatic carbocycles. The Morgan fingerprint density at radius 2 is 2.23 bits per heavy atom. The van der Waals surface area contributed by atoms with Gasteiger partial charge in [-0.25, -0.2) is 0 Å². The first kappa shape index (κ1) is 7.74. The van der Waals surface area contributed by atoms with Gasteiger partial charge in [0.25, 0.3) is 0 Å². The van der Waals surface area contributed by atoms with Gasteiger partial charge in [-0.1, -0.05) is 0 Å². The second-order valence-electron chi connectivity index (χ2n) is 2.93. The van der Waals surface area contributed by atoms with Crippen LogP contribution in [0.15, 0.2) is 12.4 Å². The summed E-state index contributed by atoms with van der Waals surface area (Å²) in [7, 11) is 1.81. The summed E-state index contributed by atoms with van der Waals surface area (Å²) in [6, 6.07) is 2.07. The van der Waals surface area contributed by atoms with Gasteiger partial charge < -0.3 is 0 Å². The summed E-state index contributed by atoms with van der Waals surface area (Å²) in [6.45, 7) is 1.93. The standard InChI is InChI=1S/C9H8N4/c1-6-4-11-5-8-9(6)7(3-10)12-13(8)2/h4-5H,1-2H3. The Morgan fingerprint density at radius 3 is 2.92 bits per heavy atom. The largest absolute Gasteiger partial charge is 0.265 e. The Bertz CT molecular complexity index is 504. The van der Waals surface area contributed by atoms with Gasteiger partial charge in [-0.05, 0) is 12.5 Å². The molecule has 0 N–H and O–H groups in total. The number of aromatic nitrogens is 3. The van der Waals surface area contributed by atoms with E-state index in [4.69, 9.17) is 5.26 Å². The fourth-order valence-electron chi connectivity index (χ4n) is 1.44. The van der Waals surface area contributed by atoms with Crippen LogP contribution in [0.25, 0.3) is 10.9 Å². The van der Waals surface area contributed by atoms with Crippen LogP contribution in [0.5, 0.6) is 0 Å². The number of rotatable bonds is 0. The van der Waals surface area contributed by atoms with Crippen molar-refractivity contribution in [1.29, 1.82) is 5.26 Å². The summed E-state index contributed by atoms with van der Waals surface area (Å²) in [6.07, 6.45) is 3.46. The molecule has 4 heteroatoms. The number of nitriles is 1. The lowest BCUT2D eigenvalue weighted by molar-refractivity contribution is 0.790. The predicted molar refractivity (Wildman–Crippen MR) is 48.0 cm³/mol. The van der Waals surface area contributed by atoms with Crippen molar-refractivity contribution in [2.75, 3.05) is 0 Å². The molecule has 0 unspecified atom stereocenters. The molecule has 0 radical (unpaired) electrons. The predicted octanol–water partition coefficient (Wildman–Crippen LogP) is 1.15. The molecule has 2 aromatic heterocycles. The van der Waals surface area contributed by atoms with Gasteiger partial charge in [0.2, 0.25) is 0 Å². The molecule has 0 bridgehead atoms. The van der Waals surface area contributed by atoms with Gasteiger partial charge in [0.05, 0.1) is 11.7 Å². The zero-order chi connectivity index (χ0) is 9.42. The highest BCUT2D eigenvalue weighted by molar-refractivity contribution is 5.86. The number of hydrogen-bond acceptors (Lipinski definition) is 3. The maximum Gasteiger partial charge on any atom is 0.170 e. The van der Waals surface area contributed by atoms with Crippen molar-refractivity contribution in [1.82, 2.24) is 14.8 Å². The molecule has 0 aliphatic rings. The third kappa shape index (κ3) is 0.975. The zero-order valence-electron chi connectivity index (χ0n) is 7.44. The average Bonchev–Trinajstić information content (AvgIpc) is 2.45. The van der Waals surface area contributed by atoms with Crippen LogP contribution in [0.1, 0.15) is 11.3 Å². The van der Waals surface area contributed by atoms with Crippen molar-refractivity contribution >= 4 is 10.9 Å². The number of aryl methyl sites for hydroxylation is 2. The van der Waals surface area contributed by atoms with Crippen LogP contribution < -0.4 is 0 Å². The molecule has 0 saturated heterocycles. The lowest BCUT2D eigenvalue weighted by atomic mass is 10.2. The lowest BCUT2D eigenvalue weighted by Gasteiger charge is -1.94. The van der Waals surface area contributed by atoms with Gasteiger partial charge in [-0.2, -0.15) is 10.4 Å². The minimum absolute atomic E-state index is 0.470. The Morgan fingerprint density at radius 1 is 1.46 bits per heavy atom. The summed E-state index contributed by atoms with van der Waals surface area (Å²) >= 11 is 0. The van der Waals surface area contributed by atoms with Gasteiger partial charge in [-0.3, -0.25) is 9.67 Å². The van der Waals surface area contributed by atoms with E-state index in [1.165, 1.54) is 0 Å². The highest BCUT2D eigenvalue weighted by Crippen LogP contribution is 2.19. The summed E-state index contributed by atoms with van der Waals surface area (Å²) in [5.41, 5.74) is 2.36. The van der Waals surface area contributed by atoms with E-state index >= 15 is 0 Å². The molecule has 2 rings (SSSR count). The molecule has 0 aliphatic heterocycles. The fourth-order valence-corrected chi connectivity index (χ4v) is 1.44. The van der Waals surface area contributed by atoms with Crippen molar-refractivity contribution in [2.24, 2.45) is 7.05 Å². The third-order valence-electron chi connectivity index (χ3n) is 2.06. The minimum atomic E-state index is 0.470. The Balaban J connectivity index is 2.99. The molecule has 4 nitrogen and oxygen atoms in total. The number of nitrogens with zero attached hydrogens (tertiary/aromatic N) is 4. The molecule has 0 fully saturated rings. The fraction of sp³-hybridized carbons (Fsp3) is 0.222. The Kier molecular flexibility index (Phi) is 1.52. The summed E-state index contributed by atoms with van der Waals surface area (Å²) in [5, 5.41) is 13.8. The van der Waals surface area contributed by atoms with Crippen LogP contribution in [-0.2, 0) is 7.05 Å². The van der Waals surface area contributed by atoms with Crippen molar-refractivity contribution in [3.63, 3.8) is 0 Å². The third-order valence-corrected chi connectivity index (χ3v) is 2.06. The number of hydrogen-bond donors (Lipinski definition) is 0. The Labute approximate surface area is 75.4 Å². The Hall–Kier alpha value is -1.89. The molecule has 2 heterocycles. The first-order valence-electron chi connectivity index (χ1n) is 3.91. The van der Waals surface area contributed by atoms with Crippen molar-refractivity contribution in [3.05, 3.63) is 23.7 Å². The minimum Gasteiger partial charge on any atom is -0.265 e. The summed E-state index contributed by atoms with van der Waals surface area (Å²) in [5.74, 6) is 0. The van der Waals surface area contributed by atoms with E-state index in [1.54, 1.807) is 17.1 Å². The monoisotopic (exact) mass is 172 g/mol. The molecule has 13 heavy (non-hydrogen) atoms. The molecule has 64 valence electrons. The van der Waals surface area contributed by atoms with E-state index in [-0.39, 0.29) is 0 Å². The molecular formula is C9H8N4. The second kappa shape index (κ2) is 2.56. The molecule has 0 saturated carbocycles. The van der Waals surface area contributed by atoms with E-state index in [0.29, 0.717) is 5.69 Å². The van der Waals surface area contributed by atoms with E-state index in [0.717, 1.165) is 16.5 Å². The maximum absolute atomic E-state index is 8.83. The van der Waals surface area contributed by atoms with Crippen molar-refractivity contribution in [2.45, 2.75) is 6.92 Å². The zero-order valence-corrected chi connectivity index (χ0v) is 7.44. The maximum atomic E-state index is 8.83. The van der Waals surface area contributed by atoms with Gasteiger partial charge >= 0.3 is 0 Å². The molecule has 0 atom stereocenters. The van der Waals surface area contributed by atoms with Crippen LogP contribution >= 0.6 is 0 Å². The van der Waals surface area contributed by atoms with E-state index < -0.39 is 0 Å². The first-order valence-corrected chi connectivity index (χ1v) is 3.91. The molecule has 0 aliphatic carbocycles. The van der Waals surface area contributed by atoms with Crippen LogP contribution in [0.2, 0.25) is 0 Å². The SMILES string of the molecule is Cc1cncc2c1c(C#N)nn2C. The quantitative estimate of drug-likeness (QED) is 0.599. The second-order valence-corrected chi connectivity index (χ2v) is 2.93. The average molecular weight is 172 g/mol. The van der Waals surface area contributed by atoms with Crippen LogP contribution in [-0.4, -0.2) is 14.8 Å². The van der Waals surface area contributed by atoms with Gasteiger partial charge in [-0.15, -0.1) is 0 Å².